The molecule has 0 bridgehead atoms. The Morgan fingerprint density at radius 2 is 1.73 bits per heavy atom. The monoisotopic (exact) mass is 366 g/mol. The molecular formula is C20H30O6. The van der Waals surface area contributed by atoms with Gasteiger partial charge in [-0.1, -0.05) is 25.8 Å². The summed E-state index contributed by atoms with van der Waals surface area (Å²) in [6.07, 6.45) is 6.69. The zero-order valence-corrected chi connectivity index (χ0v) is 15.5. The lowest BCUT2D eigenvalue weighted by Gasteiger charge is -2.16. The van der Waals surface area contributed by atoms with E-state index in [1.54, 1.807) is 6.08 Å². The lowest BCUT2D eigenvalue weighted by Crippen LogP contribution is -2.21. The maximum Gasteiger partial charge on any atom is 0.303 e. The molecule has 146 valence electrons. The quantitative estimate of drug-likeness (QED) is 0.383. The Hall–Kier alpha value is -1.82. The van der Waals surface area contributed by atoms with Crippen molar-refractivity contribution in [1.29, 1.82) is 0 Å². The number of carbonyl (C=O) groups is 4. The van der Waals surface area contributed by atoms with Crippen LogP contribution in [0.1, 0.15) is 71.1 Å². The fourth-order valence-corrected chi connectivity index (χ4v) is 3.29. The molecule has 2 N–H and O–H groups in total. The molecule has 0 saturated heterocycles. The second kappa shape index (κ2) is 11.7. The second-order valence-corrected chi connectivity index (χ2v) is 7.05. The minimum atomic E-state index is -0.889. The predicted octanol–water partition coefficient (Wildman–Crippen LogP) is 2.86. The molecule has 0 unspecified atom stereocenters. The first-order chi connectivity index (χ1) is 12.3. The average molecular weight is 366 g/mol. The lowest BCUT2D eigenvalue weighted by atomic mass is 9.88. The number of ketones is 3. The maximum atomic E-state index is 12.1. The van der Waals surface area contributed by atoms with Crippen molar-refractivity contribution in [3.8, 4) is 0 Å². The zero-order chi connectivity index (χ0) is 19.5. The van der Waals surface area contributed by atoms with Crippen LogP contribution in [-0.2, 0) is 19.2 Å². The van der Waals surface area contributed by atoms with E-state index >= 15 is 0 Å². The normalized spacial score (nSPS) is 22.8. The molecule has 6 nitrogen and oxygen atoms in total. The summed E-state index contributed by atoms with van der Waals surface area (Å²) in [7, 11) is 0. The summed E-state index contributed by atoms with van der Waals surface area (Å²) in [5, 5.41) is 18.7. The third-order valence-electron chi connectivity index (χ3n) is 4.81. The van der Waals surface area contributed by atoms with Gasteiger partial charge in [0, 0.05) is 43.9 Å². The van der Waals surface area contributed by atoms with E-state index in [-0.39, 0.29) is 43.0 Å². The summed E-state index contributed by atoms with van der Waals surface area (Å²) >= 11 is 0. The first-order valence-corrected chi connectivity index (χ1v) is 9.50. The zero-order valence-electron chi connectivity index (χ0n) is 15.5. The molecule has 0 heterocycles. The average Bonchev–Trinajstić information content (AvgIpc) is 2.83. The van der Waals surface area contributed by atoms with Crippen LogP contribution in [0.3, 0.4) is 0 Å². The van der Waals surface area contributed by atoms with E-state index in [1.807, 2.05) is 0 Å². The molecule has 1 fully saturated rings. The molecule has 1 saturated carbocycles. The molecule has 0 aromatic rings. The SMILES string of the molecule is CCCCCC(=O)/C=C/[C@H]1[C@H](O)CC(=O)[C@@H]1CC(=O)CCCCC(=O)O. The van der Waals surface area contributed by atoms with Crippen molar-refractivity contribution in [2.75, 3.05) is 0 Å². The first-order valence-electron chi connectivity index (χ1n) is 9.50. The van der Waals surface area contributed by atoms with Crippen molar-refractivity contribution in [2.45, 2.75) is 77.2 Å². The van der Waals surface area contributed by atoms with Crippen molar-refractivity contribution in [3.63, 3.8) is 0 Å². The highest BCUT2D eigenvalue weighted by Crippen LogP contribution is 2.33. The number of hydrogen-bond donors (Lipinski definition) is 2. The molecule has 0 amide bonds. The van der Waals surface area contributed by atoms with Gasteiger partial charge in [0.2, 0.25) is 0 Å². The molecule has 0 spiro atoms. The topological polar surface area (TPSA) is 109 Å². The van der Waals surface area contributed by atoms with Crippen molar-refractivity contribution >= 4 is 23.3 Å². The second-order valence-electron chi connectivity index (χ2n) is 7.05. The van der Waals surface area contributed by atoms with Gasteiger partial charge in [-0.15, -0.1) is 0 Å². The molecule has 0 aliphatic heterocycles. The molecule has 0 aromatic carbocycles. The molecule has 1 aliphatic rings. The number of Topliss-reactive ketones (excluding diaryl/α,β-unsaturated/α-hetero) is 2. The third kappa shape index (κ3) is 8.04. The van der Waals surface area contributed by atoms with Gasteiger partial charge in [0.25, 0.3) is 0 Å². The summed E-state index contributed by atoms with van der Waals surface area (Å²) < 4.78 is 0. The molecular weight excluding hydrogens is 336 g/mol. The predicted molar refractivity (Wildman–Crippen MR) is 96.6 cm³/mol. The van der Waals surface area contributed by atoms with Gasteiger partial charge < -0.3 is 10.2 Å². The van der Waals surface area contributed by atoms with Crippen LogP contribution in [-0.4, -0.2) is 39.6 Å². The fraction of sp³-hybridized carbons (Fsp3) is 0.700. The molecule has 0 aromatic heterocycles. The van der Waals surface area contributed by atoms with Gasteiger partial charge in [-0.3, -0.25) is 19.2 Å². The first kappa shape index (κ1) is 22.2. The van der Waals surface area contributed by atoms with Crippen LogP contribution >= 0.6 is 0 Å². The number of carboxylic acids is 1. The van der Waals surface area contributed by atoms with E-state index in [2.05, 4.69) is 6.92 Å². The van der Waals surface area contributed by atoms with Crippen LogP contribution < -0.4 is 0 Å². The van der Waals surface area contributed by atoms with E-state index in [1.165, 1.54) is 6.08 Å². The summed E-state index contributed by atoms with van der Waals surface area (Å²) in [4.78, 5) is 46.5. The van der Waals surface area contributed by atoms with Gasteiger partial charge in [-0.05, 0) is 25.3 Å². The van der Waals surface area contributed by atoms with Crippen LogP contribution in [0.5, 0.6) is 0 Å². The van der Waals surface area contributed by atoms with Crippen molar-refractivity contribution < 1.29 is 29.4 Å². The molecule has 26 heavy (non-hydrogen) atoms. The molecule has 1 aliphatic carbocycles. The summed E-state index contributed by atoms with van der Waals surface area (Å²) in [5.74, 6) is -2.25. The Bertz CT molecular complexity index is 536. The smallest absolute Gasteiger partial charge is 0.303 e. The summed E-state index contributed by atoms with van der Waals surface area (Å²) in [6.45, 7) is 2.06. The van der Waals surface area contributed by atoms with E-state index in [0.717, 1.165) is 19.3 Å². The third-order valence-corrected chi connectivity index (χ3v) is 4.81. The van der Waals surface area contributed by atoms with Crippen LogP contribution in [0.25, 0.3) is 0 Å². The molecule has 6 heteroatoms. The van der Waals surface area contributed by atoms with Crippen LogP contribution in [0.15, 0.2) is 12.2 Å². The summed E-state index contributed by atoms with van der Waals surface area (Å²) in [6, 6.07) is 0. The number of carbonyl (C=O) groups excluding carboxylic acids is 3. The van der Waals surface area contributed by atoms with Crippen molar-refractivity contribution in [3.05, 3.63) is 12.2 Å². The van der Waals surface area contributed by atoms with Gasteiger partial charge >= 0.3 is 5.97 Å². The van der Waals surface area contributed by atoms with Gasteiger partial charge in [0.1, 0.15) is 11.6 Å². The van der Waals surface area contributed by atoms with E-state index in [0.29, 0.717) is 19.3 Å². The number of hydrogen-bond acceptors (Lipinski definition) is 5. The van der Waals surface area contributed by atoms with Gasteiger partial charge in [-0.25, -0.2) is 0 Å². The number of aliphatic hydroxyl groups excluding tert-OH is 1. The number of aliphatic hydroxyl groups is 1. The van der Waals surface area contributed by atoms with E-state index in [9.17, 15) is 24.3 Å². The van der Waals surface area contributed by atoms with Crippen LogP contribution in [0, 0.1) is 11.8 Å². The Balaban J connectivity index is 2.53. The Labute approximate surface area is 154 Å². The molecule has 0 radical (unpaired) electrons. The Kier molecular flexibility index (Phi) is 10.0. The summed E-state index contributed by atoms with van der Waals surface area (Å²) in [5.41, 5.74) is 0. The van der Waals surface area contributed by atoms with Crippen LogP contribution in [0.2, 0.25) is 0 Å². The van der Waals surface area contributed by atoms with Crippen molar-refractivity contribution in [1.82, 2.24) is 0 Å². The molecule has 3 atom stereocenters. The van der Waals surface area contributed by atoms with Gasteiger partial charge in [-0.2, -0.15) is 0 Å². The highest BCUT2D eigenvalue weighted by molar-refractivity contribution is 5.92. The minimum Gasteiger partial charge on any atom is -0.481 e. The van der Waals surface area contributed by atoms with Crippen LogP contribution in [0.4, 0.5) is 0 Å². The highest BCUT2D eigenvalue weighted by Gasteiger charge is 2.40. The number of unbranched alkanes of at least 4 members (excludes halogenated alkanes) is 3. The molecule has 1 rings (SSSR count). The lowest BCUT2D eigenvalue weighted by molar-refractivity contribution is -0.137. The number of allylic oxidation sites excluding steroid dienone is 1. The number of aliphatic carboxylic acids is 1. The fourth-order valence-electron chi connectivity index (χ4n) is 3.29. The van der Waals surface area contributed by atoms with E-state index in [4.69, 9.17) is 5.11 Å². The minimum absolute atomic E-state index is 0.00991. The van der Waals surface area contributed by atoms with Gasteiger partial charge in [0.15, 0.2) is 5.78 Å². The number of rotatable bonds is 13. The highest BCUT2D eigenvalue weighted by atomic mass is 16.4. The van der Waals surface area contributed by atoms with Crippen molar-refractivity contribution in [2.24, 2.45) is 11.8 Å². The number of carboxylic acid groups (broad SMARTS) is 1. The maximum absolute atomic E-state index is 12.1. The standard InChI is InChI=1S/C20H30O6/c1-2-3-4-7-14(21)10-11-16-17(19(24)13-18(16)23)12-15(22)8-5-6-9-20(25)26/h10-11,16-18,23H,2-9,12-13H2,1H3,(H,25,26)/b11-10+/t16-,17-,18-/m1/s1. The Morgan fingerprint density at radius 3 is 2.38 bits per heavy atom. The largest absolute Gasteiger partial charge is 0.481 e. The van der Waals surface area contributed by atoms with Gasteiger partial charge in [0.05, 0.1) is 6.10 Å². The van der Waals surface area contributed by atoms with E-state index < -0.39 is 23.9 Å². The Morgan fingerprint density at radius 1 is 1.08 bits per heavy atom.